The molecule has 2 atom stereocenters. The Bertz CT molecular complexity index is 1170. The van der Waals surface area contributed by atoms with Gasteiger partial charge in [-0.15, -0.1) is 0 Å². The molecule has 2 aliphatic rings. The molecule has 5 rings (SSSR count). The lowest BCUT2D eigenvalue weighted by atomic mass is 9.93. The third-order valence-corrected chi connectivity index (χ3v) is 6.27. The summed E-state index contributed by atoms with van der Waals surface area (Å²) >= 11 is 0. The van der Waals surface area contributed by atoms with Gasteiger partial charge in [0.05, 0.1) is 11.7 Å². The first-order valence-electron chi connectivity index (χ1n) is 11.4. The SMILES string of the molecule is O=C([C@@H]1CC=CCC1)N1CCC[C@H]1c1nc(Nc2cccc(F)c2)cc(-c2ccncc2)n1. The Kier molecular flexibility index (Phi) is 6.11. The molecular formula is C26H26FN5O. The summed E-state index contributed by atoms with van der Waals surface area (Å²) in [6.45, 7) is 0.721. The van der Waals surface area contributed by atoms with Gasteiger partial charge in [-0.05, 0) is 62.4 Å². The van der Waals surface area contributed by atoms with Crippen LogP contribution in [-0.2, 0) is 4.79 Å². The molecule has 1 aliphatic carbocycles. The Morgan fingerprint density at radius 2 is 1.94 bits per heavy atom. The van der Waals surface area contributed by atoms with Crippen molar-refractivity contribution in [1.82, 2.24) is 19.9 Å². The van der Waals surface area contributed by atoms with Gasteiger partial charge >= 0.3 is 0 Å². The van der Waals surface area contributed by atoms with Crippen molar-refractivity contribution >= 4 is 17.4 Å². The monoisotopic (exact) mass is 443 g/mol. The number of rotatable bonds is 5. The summed E-state index contributed by atoms with van der Waals surface area (Å²) in [5, 5.41) is 3.21. The molecule has 0 bridgehead atoms. The van der Waals surface area contributed by atoms with Crippen LogP contribution < -0.4 is 5.32 Å². The van der Waals surface area contributed by atoms with Crippen molar-refractivity contribution in [3.8, 4) is 11.3 Å². The molecule has 0 radical (unpaired) electrons. The number of hydrogen-bond acceptors (Lipinski definition) is 5. The third kappa shape index (κ3) is 4.77. The lowest BCUT2D eigenvalue weighted by Crippen LogP contribution is -2.36. The molecule has 1 N–H and O–H groups in total. The first-order chi connectivity index (χ1) is 16.2. The molecule has 33 heavy (non-hydrogen) atoms. The number of hydrogen-bond donors (Lipinski definition) is 1. The summed E-state index contributed by atoms with van der Waals surface area (Å²) in [7, 11) is 0. The van der Waals surface area contributed by atoms with Gasteiger partial charge in [0.2, 0.25) is 5.91 Å². The van der Waals surface area contributed by atoms with E-state index in [2.05, 4.69) is 22.5 Å². The second kappa shape index (κ2) is 9.48. The van der Waals surface area contributed by atoms with Crippen molar-refractivity contribution < 1.29 is 9.18 Å². The summed E-state index contributed by atoms with van der Waals surface area (Å²) in [6, 6.07) is 11.7. The second-order valence-corrected chi connectivity index (χ2v) is 8.54. The van der Waals surface area contributed by atoms with Crippen LogP contribution in [0.3, 0.4) is 0 Å². The number of carbonyl (C=O) groups is 1. The number of nitrogens with one attached hydrogen (secondary N) is 1. The molecule has 3 heterocycles. The van der Waals surface area contributed by atoms with Crippen LogP contribution in [0.25, 0.3) is 11.3 Å². The van der Waals surface area contributed by atoms with Crippen molar-refractivity contribution in [2.75, 3.05) is 11.9 Å². The van der Waals surface area contributed by atoms with Crippen LogP contribution >= 0.6 is 0 Å². The molecule has 1 aliphatic heterocycles. The lowest BCUT2D eigenvalue weighted by molar-refractivity contribution is -0.136. The average molecular weight is 444 g/mol. The summed E-state index contributed by atoms with van der Waals surface area (Å²) in [4.78, 5) is 29.0. The van der Waals surface area contributed by atoms with Gasteiger partial charge in [0.1, 0.15) is 11.6 Å². The summed E-state index contributed by atoms with van der Waals surface area (Å²) < 4.78 is 13.7. The number of carbonyl (C=O) groups excluding carboxylic acids is 1. The van der Waals surface area contributed by atoms with E-state index in [4.69, 9.17) is 9.97 Å². The van der Waals surface area contributed by atoms with Crippen molar-refractivity contribution in [3.63, 3.8) is 0 Å². The summed E-state index contributed by atoms with van der Waals surface area (Å²) in [5.74, 6) is 1.08. The van der Waals surface area contributed by atoms with E-state index in [0.717, 1.165) is 49.9 Å². The Labute approximate surface area is 192 Å². The number of amides is 1. The van der Waals surface area contributed by atoms with E-state index in [-0.39, 0.29) is 23.7 Å². The molecule has 1 fully saturated rings. The fourth-order valence-electron chi connectivity index (χ4n) is 4.61. The van der Waals surface area contributed by atoms with Crippen LogP contribution in [-0.4, -0.2) is 32.3 Å². The van der Waals surface area contributed by atoms with Crippen molar-refractivity contribution in [1.29, 1.82) is 0 Å². The molecule has 2 aromatic heterocycles. The lowest BCUT2D eigenvalue weighted by Gasteiger charge is -2.29. The first kappa shape index (κ1) is 21.2. The number of halogens is 1. The zero-order chi connectivity index (χ0) is 22.6. The van der Waals surface area contributed by atoms with Crippen molar-refractivity contribution in [3.05, 3.63) is 78.7 Å². The van der Waals surface area contributed by atoms with E-state index in [1.807, 2.05) is 23.1 Å². The third-order valence-electron chi connectivity index (χ3n) is 6.27. The molecular weight excluding hydrogens is 417 g/mol. The van der Waals surface area contributed by atoms with Gasteiger partial charge in [-0.25, -0.2) is 14.4 Å². The fraction of sp³-hybridized carbons (Fsp3) is 0.308. The fourth-order valence-corrected chi connectivity index (χ4v) is 4.61. The van der Waals surface area contributed by atoms with E-state index in [9.17, 15) is 9.18 Å². The van der Waals surface area contributed by atoms with Gasteiger partial charge in [0.15, 0.2) is 5.82 Å². The van der Waals surface area contributed by atoms with Gasteiger partial charge in [-0.3, -0.25) is 9.78 Å². The van der Waals surface area contributed by atoms with Crippen LogP contribution in [0.1, 0.15) is 44.0 Å². The normalized spacial score (nSPS) is 20.1. The van der Waals surface area contributed by atoms with Gasteiger partial charge in [-0.2, -0.15) is 0 Å². The Balaban J connectivity index is 1.50. The highest BCUT2D eigenvalue weighted by Gasteiger charge is 2.35. The number of likely N-dealkylation sites (tertiary alicyclic amines) is 1. The van der Waals surface area contributed by atoms with E-state index in [1.165, 1.54) is 12.1 Å². The van der Waals surface area contributed by atoms with Crippen molar-refractivity contribution in [2.24, 2.45) is 5.92 Å². The van der Waals surface area contributed by atoms with Crippen LogP contribution in [0.4, 0.5) is 15.9 Å². The number of nitrogens with zero attached hydrogens (tertiary/aromatic N) is 4. The predicted molar refractivity (Wildman–Crippen MR) is 125 cm³/mol. The minimum absolute atomic E-state index is 0.0314. The Morgan fingerprint density at radius 3 is 2.73 bits per heavy atom. The van der Waals surface area contributed by atoms with Gasteiger partial charge in [0.25, 0.3) is 0 Å². The zero-order valence-electron chi connectivity index (χ0n) is 18.3. The van der Waals surface area contributed by atoms with Gasteiger partial charge in [0, 0.05) is 42.2 Å². The highest BCUT2D eigenvalue weighted by atomic mass is 19.1. The highest BCUT2D eigenvalue weighted by molar-refractivity contribution is 5.80. The minimum Gasteiger partial charge on any atom is -0.340 e. The smallest absolute Gasteiger partial charge is 0.226 e. The summed E-state index contributed by atoms with van der Waals surface area (Å²) in [5.41, 5.74) is 2.25. The second-order valence-electron chi connectivity index (χ2n) is 8.54. The Morgan fingerprint density at radius 1 is 1.06 bits per heavy atom. The topological polar surface area (TPSA) is 71.0 Å². The number of aromatic nitrogens is 3. The van der Waals surface area contributed by atoms with Crippen LogP contribution in [0.2, 0.25) is 0 Å². The van der Waals surface area contributed by atoms with Gasteiger partial charge in [-0.1, -0.05) is 18.2 Å². The first-order valence-corrected chi connectivity index (χ1v) is 11.4. The molecule has 6 nitrogen and oxygen atoms in total. The molecule has 1 saturated heterocycles. The standard InChI is InChI=1S/C26H26FN5O/c27-20-8-4-9-21(16-20)29-24-17-22(18-11-13-28-14-12-18)30-25(31-24)23-10-5-15-32(23)26(33)19-6-2-1-3-7-19/h1-2,4,8-9,11-14,16-17,19,23H,3,5-7,10,15H2,(H,29,30,31)/t19-,23+/m1/s1. The number of allylic oxidation sites excluding steroid dienone is 2. The van der Waals surface area contributed by atoms with Crippen LogP contribution in [0.5, 0.6) is 0 Å². The van der Waals surface area contributed by atoms with E-state index in [0.29, 0.717) is 17.3 Å². The zero-order valence-corrected chi connectivity index (χ0v) is 18.3. The average Bonchev–Trinajstić information content (AvgIpc) is 3.35. The van der Waals surface area contributed by atoms with Crippen molar-refractivity contribution in [2.45, 2.75) is 38.1 Å². The molecule has 1 aromatic carbocycles. The molecule has 3 aromatic rings. The maximum atomic E-state index is 13.7. The maximum Gasteiger partial charge on any atom is 0.226 e. The minimum atomic E-state index is -0.322. The van der Waals surface area contributed by atoms with Gasteiger partial charge < -0.3 is 10.2 Å². The molecule has 1 amide bonds. The summed E-state index contributed by atoms with van der Waals surface area (Å²) in [6.07, 6.45) is 12.1. The highest BCUT2D eigenvalue weighted by Crippen LogP contribution is 2.35. The molecule has 0 saturated carbocycles. The van der Waals surface area contributed by atoms with E-state index in [1.54, 1.807) is 24.5 Å². The molecule has 0 spiro atoms. The quantitative estimate of drug-likeness (QED) is 0.532. The number of benzene rings is 1. The van der Waals surface area contributed by atoms with Crippen LogP contribution in [0, 0.1) is 11.7 Å². The number of anilines is 2. The number of pyridine rings is 1. The van der Waals surface area contributed by atoms with E-state index >= 15 is 0 Å². The Hall–Kier alpha value is -3.61. The van der Waals surface area contributed by atoms with Crippen LogP contribution in [0.15, 0.2) is 67.0 Å². The molecule has 7 heteroatoms. The van der Waals surface area contributed by atoms with E-state index < -0.39 is 0 Å². The predicted octanol–water partition coefficient (Wildman–Crippen LogP) is 5.44. The molecule has 0 unspecified atom stereocenters. The maximum absolute atomic E-state index is 13.7. The molecule has 168 valence electrons. The largest absolute Gasteiger partial charge is 0.340 e.